The van der Waals surface area contributed by atoms with Crippen LogP contribution < -0.4 is 27.0 Å². The zero-order chi connectivity index (χ0) is 26.4. The quantitative estimate of drug-likeness (QED) is 0.299. The second-order valence-corrected chi connectivity index (χ2v) is 9.02. The lowest BCUT2D eigenvalue weighted by Crippen LogP contribution is -2.24. The number of hydrogen-bond donors (Lipinski definition) is 0. The van der Waals surface area contributed by atoms with Crippen molar-refractivity contribution in [3.05, 3.63) is 132 Å². The largest absolute Gasteiger partial charge is 0.457 e. The summed E-state index contributed by atoms with van der Waals surface area (Å²) in [6.45, 7) is 9.63. The van der Waals surface area contributed by atoms with E-state index >= 15 is 0 Å². The van der Waals surface area contributed by atoms with E-state index < -0.39 is 22.2 Å². The zero-order valence-corrected chi connectivity index (χ0v) is 20.5. The van der Waals surface area contributed by atoms with Gasteiger partial charge < -0.3 is 4.74 Å². The Morgan fingerprint density at radius 2 is 1.18 bits per heavy atom. The summed E-state index contributed by atoms with van der Waals surface area (Å²) >= 11 is 0. The maximum absolute atomic E-state index is 13.4. The Balaban J connectivity index is 0.00000336. The molecule has 0 aliphatic rings. The number of aromatic nitrogens is 2. The van der Waals surface area contributed by atoms with Crippen molar-refractivity contribution in [3.63, 3.8) is 0 Å². The van der Waals surface area contributed by atoms with Gasteiger partial charge in [-0.05, 0) is 78.9 Å². The molecule has 0 aliphatic carbocycles. The molecule has 0 unspecified atom stereocenters. The van der Waals surface area contributed by atoms with Crippen LogP contribution in [0.4, 0.5) is 0 Å². The maximum Gasteiger partial charge on any atom is 0.266 e. The molecule has 38 heavy (non-hydrogen) atoms. The molecule has 0 saturated heterocycles. The van der Waals surface area contributed by atoms with Gasteiger partial charge in [-0.15, -0.1) is 13.2 Å². The second kappa shape index (κ2) is 9.94. The van der Waals surface area contributed by atoms with E-state index in [9.17, 15) is 19.2 Å². The highest BCUT2D eigenvalue weighted by Crippen LogP contribution is 2.28. The van der Waals surface area contributed by atoms with Crippen LogP contribution in [0.15, 0.2) is 93.0 Å². The number of fused-ring (bicyclic) bond motifs is 2. The fourth-order valence-electron chi connectivity index (χ4n) is 4.70. The zero-order valence-electron chi connectivity index (χ0n) is 20.5. The summed E-state index contributed by atoms with van der Waals surface area (Å²) in [5.41, 5.74) is 1.21. The van der Waals surface area contributed by atoms with E-state index in [1.54, 1.807) is 24.3 Å². The molecule has 7 heteroatoms. The standard InChI is InChI=1S/C30H24N2O5.CH4/c1-5-7-18-13-20(10-9-17(18)3)37-21-11-12-26(19(14-21)8-6-2)32-29(35)24-15-22-23(16-25(24)30(32)36)28(34)31(4)27(22)33;/h5-6,9-16H,1-2,7-8H2,3-4H3;1H4. The van der Waals surface area contributed by atoms with E-state index in [1.165, 1.54) is 19.2 Å². The summed E-state index contributed by atoms with van der Waals surface area (Å²) in [5, 5.41) is 0.440. The lowest BCUT2D eigenvalue weighted by Gasteiger charge is -2.13. The van der Waals surface area contributed by atoms with E-state index in [4.69, 9.17) is 4.74 Å². The number of hydrogen-bond acceptors (Lipinski definition) is 5. The third-order valence-corrected chi connectivity index (χ3v) is 6.67. The van der Waals surface area contributed by atoms with Crippen LogP contribution in [-0.2, 0) is 19.9 Å². The fraction of sp³-hybridized carbons (Fsp3) is 0.161. The highest BCUT2D eigenvalue weighted by atomic mass is 16.5. The number of rotatable bonds is 7. The summed E-state index contributed by atoms with van der Waals surface area (Å²) in [5.74, 6) is 1.21. The first-order chi connectivity index (χ1) is 17.7. The molecular weight excluding hydrogens is 480 g/mol. The average molecular weight is 509 g/mol. The first kappa shape index (κ1) is 26.3. The van der Waals surface area contributed by atoms with E-state index in [0.717, 1.165) is 26.7 Å². The molecule has 0 bridgehead atoms. The van der Waals surface area contributed by atoms with Crippen LogP contribution in [0.1, 0.15) is 24.1 Å². The predicted octanol–water partition coefficient (Wildman–Crippen LogP) is 4.63. The Labute approximate surface area is 218 Å². The normalized spacial score (nSPS) is 11.0. The minimum absolute atomic E-state index is 0. The van der Waals surface area contributed by atoms with Crippen molar-refractivity contribution >= 4 is 21.5 Å². The van der Waals surface area contributed by atoms with Crippen molar-refractivity contribution in [3.8, 4) is 17.2 Å². The van der Waals surface area contributed by atoms with E-state index in [1.807, 2.05) is 31.2 Å². The molecule has 0 amide bonds. The number of ether oxygens (including phenoxy) is 1. The van der Waals surface area contributed by atoms with Gasteiger partial charge in [0.15, 0.2) is 0 Å². The summed E-state index contributed by atoms with van der Waals surface area (Å²) in [6.07, 6.45) is 4.62. The van der Waals surface area contributed by atoms with Gasteiger partial charge in [-0.2, -0.15) is 0 Å². The number of nitrogens with zero attached hydrogens (tertiary/aromatic N) is 2. The van der Waals surface area contributed by atoms with Crippen LogP contribution in [0.2, 0.25) is 0 Å². The van der Waals surface area contributed by atoms with Gasteiger partial charge >= 0.3 is 0 Å². The smallest absolute Gasteiger partial charge is 0.266 e. The second-order valence-electron chi connectivity index (χ2n) is 9.02. The summed E-state index contributed by atoms with van der Waals surface area (Å²) < 4.78 is 8.14. The van der Waals surface area contributed by atoms with Crippen molar-refractivity contribution in [2.45, 2.75) is 27.2 Å². The van der Waals surface area contributed by atoms with E-state index in [-0.39, 0.29) is 29.0 Å². The maximum atomic E-state index is 13.4. The minimum atomic E-state index is -0.552. The minimum Gasteiger partial charge on any atom is -0.457 e. The third kappa shape index (κ3) is 4.12. The molecule has 0 radical (unpaired) electrons. The van der Waals surface area contributed by atoms with Crippen LogP contribution >= 0.6 is 0 Å². The molecule has 5 rings (SSSR count). The number of allylic oxidation sites excluding steroid dienone is 2. The van der Waals surface area contributed by atoms with Gasteiger partial charge in [0.05, 0.1) is 27.2 Å². The molecule has 0 atom stereocenters. The van der Waals surface area contributed by atoms with Gasteiger partial charge in [0, 0.05) is 7.05 Å². The van der Waals surface area contributed by atoms with Crippen molar-refractivity contribution in [1.82, 2.24) is 9.13 Å². The molecule has 192 valence electrons. The first-order valence-electron chi connectivity index (χ1n) is 11.8. The molecule has 0 saturated carbocycles. The summed E-state index contributed by atoms with van der Waals surface area (Å²) in [6, 6.07) is 13.6. The molecular formula is C31H28N2O5. The van der Waals surface area contributed by atoms with E-state index in [0.29, 0.717) is 29.2 Å². The molecule has 2 heterocycles. The van der Waals surface area contributed by atoms with Gasteiger partial charge in [0.25, 0.3) is 22.2 Å². The first-order valence-corrected chi connectivity index (χ1v) is 11.8. The lowest BCUT2D eigenvalue weighted by molar-refractivity contribution is 0.481. The fourth-order valence-corrected chi connectivity index (χ4v) is 4.70. The highest BCUT2D eigenvalue weighted by Gasteiger charge is 2.20. The Kier molecular flexibility index (Phi) is 6.87. The SMILES string of the molecule is C.C=CCc1cc(Oc2ccc(-n3c(=O)c4cc5c(=O)n(C)c(=O)c5cc4c3=O)c(CC=C)c2)ccc1C. The van der Waals surface area contributed by atoms with Gasteiger partial charge in [-0.1, -0.05) is 25.6 Å². The van der Waals surface area contributed by atoms with Crippen LogP contribution in [0.5, 0.6) is 11.5 Å². The Morgan fingerprint density at radius 3 is 1.74 bits per heavy atom. The Morgan fingerprint density at radius 1 is 0.711 bits per heavy atom. The lowest BCUT2D eigenvalue weighted by atomic mass is 10.1. The molecule has 5 aromatic rings. The van der Waals surface area contributed by atoms with Crippen LogP contribution in [-0.4, -0.2) is 9.13 Å². The Bertz CT molecular complexity index is 1870. The van der Waals surface area contributed by atoms with Crippen LogP contribution in [0.3, 0.4) is 0 Å². The molecule has 7 nitrogen and oxygen atoms in total. The van der Waals surface area contributed by atoms with Gasteiger partial charge in [0.1, 0.15) is 11.5 Å². The van der Waals surface area contributed by atoms with Crippen molar-refractivity contribution in [2.75, 3.05) is 0 Å². The molecule has 0 N–H and O–H groups in total. The number of benzene rings is 3. The number of aryl methyl sites for hydroxylation is 1. The van der Waals surface area contributed by atoms with Gasteiger partial charge in [-0.25, -0.2) is 4.57 Å². The molecule has 0 spiro atoms. The molecule has 3 aromatic carbocycles. The highest BCUT2D eigenvalue weighted by molar-refractivity contribution is 5.98. The molecule has 0 fully saturated rings. The Hall–Kier alpha value is -4.78. The van der Waals surface area contributed by atoms with Crippen molar-refractivity contribution < 1.29 is 4.74 Å². The van der Waals surface area contributed by atoms with E-state index in [2.05, 4.69) is 13.2 Å². The third-order valence-electron chi connectivity index (χ3n) is 6.67. The topological polar surface area (TPSA) is 87.4 Å². The van der Waals surface area contributed by atoms with Crippen LogP contribution in [0.25, 0.3) is 27.2 Å². The predicted molar refractivity (Wildman–Crippen MR) is 153 cm³/mol. The molecule has 2 aromatic heterocycles. The average Bonchev–Trinajstić information content (AvgIpc) is 3.25. The van der Waals surface area contributed by atoms with Crippen molar-refractivity contribution in [2.24, 2.45) is 7.05 Å². The van der Waals surface area contributed by atoms with Crippen molar-refractivity contribution in [1.29, 1.82) is 0 Å². The molecule has 0 aliphatic heterocycles. The summed E-state index contributed by atoms with van der Waals surface area (Å²) in [7, 11) is 1.37. The van der Waals surface area contributed by atoms with Crippen LogP contribution in [0, 0.1) is 6.92 Å². The monoisotopic (exact) mass is 508 g/mol. The van der Waals surface area contributed by atoms with Gasteiger partial charge in [0.2, 0.25) is 0 Å². The van der Waals surface area contributed by atoms with Gasteiger partial charge in [-0.3, -0.25) is 23.7 Å². The summed E-state index contributed by atoms with van der Waals surface area (Å²) in [4.78, 5) is 51.6.